The second kappa shape index (κ2) is 6.69. The molecule has 19 heavy (non-hydrogen) atoms. The third-order valence-electron chi connectivity index (χ3n) is 3.10. The molecule has 0 atom stereocenters. The van der Waals surface area contributed by atoms with Crippen LogP contribution >= 0.6 is 0 Å². The Morgan fingerprint density at radius 1 is 1.32 bits per heavy atom. The average molecular weight is 280 g/mol. The van der Waals surface area contributed by atoms with Crippen molar-refractivity contribution in [1.82, 2.24) is 4.31 Å². The summed E-state index contributed by atoms with van der Waals surface area (Å²) in [5, 5.41) is 8.85. The number of rotatable bonds is 6. The van der Waals surface area contributed by atoms with Crippen LogP contribution in [0.5, 0.6) is 0 Å². The summed E-state index contributed by atoms with van der Waals surface area (Å²) in [7, 11) is -1.85. The van der Waals surface area contributed by atoms with E-state index in [1.54, 1.807) is 26.1 Å². The topological polar surface area (TPSA) is 61.2 Å². The molecule has 0 aromatic heterocycles. The zero-order valence-corrected chi connectivity index (χ0v) is 12.5. The van der Waals surface area contributed by atoms with Gasteiger partial charge in [0.15, 0.2) is 0 Å². The highest BCUT2D eigenvalue weighted by Crippen LogP contribution is 2.18. The van der Waals surface area contributed by atoms with Crippen LogP contribution in [0, 0.1) is 18.3 Å². The molecule has 0 heterocycles. The first-order valence-corrected chi connectivity index (χ1v) is 7.84. The summed E-state index contributed by atoms with van der Waals surface area (Å²) in [5.74, 6) is 0. The molecule has 0 saturated heterocycles. The monoisotopic (exact) mass is 280 g/mol. The Morgan fingerprint density at radius 3 is 2.53 bits per heavy atom. The fourth-order valence-corrected chi connectivity index (χ4v) is 3.10. The molecule has 5 heteroatoms. The summed E-state index contributed by atoms with van der Waals surface area (Å²) in [6, 6.07) is 6.65. The van der Waals surface area contributed by atoms with Crippen molar-refractivity contribution in [2.75, 3.05) is 13.6 Å². The van der Waals surface area contributed by atoms with E-state index in [1.165, 1.54) is 10.4 Å². The average Bonchev–Trinajstić information content (AvgIpc) is 2.38. The fraction of sp³-hybridized carbons (Fsp3) is 0.500. The number of benzene rings is 1. The van der Waals surface area contributed by atoms with Gasteiger partial charge < -0.3 is 0 Å². The molecular formula is C14H20N2O2S. The molecule has 1 aromatic rings. The lowest BCUT2D eigenvalue weighted by atomic mass is 10.1. The molecular weight excluding hydrogens is 260 g/mol. The molecule has 0 unspecified atom stereocenters. The lowest BCUT2D eigenvalue weighted by Gasteiger charge is -2.17. The minimum absolute atomic E-state index is 0.253. The molecule has 0 radical (unpaired) electrons. The summed E-state index contributed by atoms with van der Waals surface area (Å²) in [4.78, 5) is 0.253. The van der Waals surface area contributed by atoms with Crippen molar-refractivity contribution < 1.29 is 8.42 Å². The van der Waals surface area contributed by atoms with Gasteiger partial charge in [0.1, 0.15) is 0 Å². The molecule has 0 aliphatic rings. The van der Waals surface area contributed by atoms with Crippen LogP contribution in [0.1, 0.15) is 37.3 Å². The molecule has 0 aliphatic carbocycles. The van der Waals surface area contributed by atoms with Crippen LogP contribution < -0.4 is 0 Å². The number of aryl methyl sites for hydroxylation is 1. The van der Waals surface area contributed by atoms with Gasteiger partial charge in [-0.3, -0.25) is 0 Å². The van der Waals surface area contributed by atoms with Crippen LogP contribution in [0.4, 0.5) is 0 Å². The largest absolute Gasteiger partial charge is 0.242 e. The highest BCUT2D eigenvalue weighted by atomic mass is 32.2. The molecule has 0 N–H and O–H groups in total. The fourth-order valence-electron chi connectivity index (χ4n) is 1.81. The van der Waals surface area contributed by atoms with Gasteiger partial charge in [-0.1, -0.05) is 19.8 Å². The molecule has 0 fully saturated rings. The quantitative estimate of drug-likeness (QED) is 0.753. The minimum Gasteiger partial charge on any atom is -0.207 e. The molecule has 0 amide bonds. The van der Waals surface area contributed by atoms with E-state index < -0.39 is 10.0 Å². The van der Waals surface area contributed by atoms with Gasteiger partial charge in [-0.05, 0) is 37.1 Å². The van der Waals surface area contributed by atoms with Crippen LogP contribution in [0.25, 0.3) is 0 Å². The standard InChI is InChI=1S/C14H20N2O2S/c1-4-5-6-9-16(3)19(17,18)14-8-7-13(11-15)12(2)10-14/h7-8,10H,4-6,9H2,1-3H3. The van der Waals surface area contributed by atoms with Crippen molar-refractivity contribution in [3.63, 3.8) is 0 Å². The Hall–Kier alpha value is -1.38. The van der Waals surface area contributed by atoms with Crippen molar-refractivity contribution in [3.8, 4) is 6.07 Å². The number of nitriles is 1. The molecule has 1 aromatic carbocycles. The first-order chi connectivity index (χ1) is 8.93. The second-order valence-electron chi connectivity index (χ2n) is 4.62. The maximum atomic E-state index is 12.3. The predicted molar refractivity (Wildman–Crippen MR) is 75.2 cm³/mol. The first kappa shape index (κ1) is 15.7. The summed E-state index contributed by atoms with van der Waals surface area (Å²) in [6.07, 6.45) is 2.94. The van der Waals surface area contributed by atoms with Crippen molar-refractivity contribution in [1.29, 1.82) is 5.26 Å². The lowest BCUT2D eigenvalue weighted by Crippen LogP contribution is -2.28. The smallest absolute Gasteiger partial charge is 0.207 e. The first-order valence-electron chi connectivity index (χ1n) is 6.40. The van der Waals surface area contributed by atoms with E-state index in [0.717, 1.165) is 19.3 Å². The van der Waals surface area contributed by atoms with Gasteiger partial charge in [-0.2, -0.15) is 5.26 Å². The van der Waals surface area contributed by atoms with E-state index in [9.17, 15) is 8.42 Å². The Bertz CT molecular complexity index is 574. The predicted octanol–water partition coefficient (Wildman–Crippen LogP) is 2.68. The zero-order chi connectivity index (χ0) is 14.5. The van der Waals surface area contributed by atoms with Crippen LogP contribution in [0.2, 0.25) is 0 Å². The van der Waals surface area contributed by atoms with E-state index in [2.05, 4.69) is 6.92 Å². The van der Waals surface area contributed by atoms with Gasteiger partial charge in [-0.25, -0.2) is 12.7 Å². The highest BCUT2D eigenvalue weighted by Gasteiger charge is 2.20. The minimum atomic E-state index is -3.44. The Labute approximate surface area is 115 Å². The second-order valence-corrected chi connectivity index (χ2v) is 6.67. The summed E-state index contributed by atoms with van der Waals surface area (Å²) in [6.45, 7) is 4.35. The number of unbranched alkanes of at least 4 members (excludes halogenated alkanes) is 2. The van der Waals surface area contributed by atoms with Gasteiger partial charge in [0, 0.05) is 13.6 Å². The zero-order valence-electron chi connectivity index (χ0n) is 11.7. The van der Waals surface area contributed by atoms with Crippen LogP contribution in [0.15, 0.2) is 23.1 Å². The van der Waals surface area contributed by atoms with Crippen molar-refractivity contribution in [3.05, 3.63) is 29.3 Å². The van der Waals surface area contributed by atoms with Crippen molar-refractivity contribution in [2.24, 2.45) is 0 Å². The lowest BCUT2D eigenvalue weighted by molar-refractivity contribution is 0.454. The van der Waals surface area contributed by atoms with Crippen molar-refractivity contribution in [2.45, 2.75) is 38.0 Å². The van der Waals surface area contributed by atoms with Crippen molar-refractivity contribution >= 4 is 10.0 Å². The van der Waals surface area contributed by atoms with E-state index >= 15 is 0 Å². The van der Waals surface area contributed by atoms with Gasteiger partial charge in [-0.15, -0.1) is 0 Å². The van der Waals surface area contributed by atoms with Crippen LogP contribution in [-0.4, -0.2) is 26.3 Å². The number of hydrogen-bond donors (Lipinski definition) is 0. The van der Waals surface area contributed by atoms with Crippen LogP contribution in [0.3, 0.4) is 0 Å². The number of hydrogen-bond acceptors (Lipinski definition) is 3. The summed E-state index contributed by atoms with van der Waals surface area (Å²) >= 11 is 0. The third-order valence-corrected chi connectivity index (χ3v) is 4.96. The third kappa shape index (κ3) is 3.79. The maximum Gasteiger partial charge on any atom is 0.242 e. The highest BCUT2D eigenvalue weighted by molar-refractivity contribution is 7.89. The van der Waals surface area contributed by atoms with Gasteiger partial charge in [0.05, 0.1) is 16.5 Å². The Morgan fingerprint density at radius 2 is 2.00 bits per heavy atom. The van der Waals surface area contributed by atoms with E-state index in [0.29, 0.717) is 17.7 Å². The maximum absolute atomic E-state index is 12.3. The van der Waals surface area contributed by atoms with Gasteiger partial charge in [0.25, 0.3) is 0 Å². The molecule has 104 valence electrons. The number of nitrogens with zero attached hydrogens (tertiary/aromatic N) is 2. The molecule has 0 bridgehead atoms. The van der Waals surface area contributed by atoms with E-state index in [-0.39, 0.29) is 4.90 Å². The molecule has 1 rings (SSSR count). The molecule has 0 spiro atoms. The normalized spacial score (nSPS) is 11.5. The molecule has 0 saturated carbocycles. The summed E-state index contributed by atoms with van der Waals surface area (Å²) < 4.78 is 26.0. The summed E-state index contributed by atoms with van der Waals surface area (Å²) in [5.41, 5.74) is 1.19. The Kier molecular flexibility index (Phi) is 5.52. The SMILES string of the molecule is CCCCCN(C)S(=O)(=O)c1ccc(C#N)c(C)c1. The molecule has 4 nitrogen and oxygen atoms in total. The van der Waals surface area contributed by atoms with Crippen LogP contribution in [-0.2, 0) is 10.0 Å². The van der Waals surface area contributed by atoms with Gasteiger partial charge >= 0.3 is 0 Å². The Balaban J connectivity index is 2.94. The number of sulfonamides is 1. The molecule has 0 aliphatic heterocycles. The van der Waals surface area contributed by atoms with E-state index in [4.69, 9.17) is 5.26 Å². The van der Waals surface area contributed by atoms with Gasteiger partial charge in [0.2, 0.25) is 10.0 Å². The van der Waals surface area contributed by atoms with E-state index in [1.807, 2.05) is 6.07 Å².